The Morgan fingerprint density at radius 3 is 2.57 bits per heavy atom. The fraction of sp³-hybridized carbons (Fsp3) is 0.412. The van der Waals surface area contributed by atoms with E-state index < -0.39 is 0 Å². The van der Waals surface area contributed by atoms with Crippen molar-refractivity contribution < 1.29 is 0 Å². The summed E-state index contributed by atoms with van der Waals surface area (Å²) in [5.74, 6) is 3.63. The molecule has 2 aromatic rings. The Kier molecular flexibility index (Phi) is 3.78. The van der Waals surface area contributed by atoms with Crippen LogP contribution in [0.15, 0.2) is 36.4 Å². The summed E-state index contributed by atoms with van der Waals surface area (Å²) in [5, 5.41) is 0. The highest BCUT2D eigenvalue weighted by molar-refractivity contribution is 5.60. The lowest BCUT2D eigenvalue weighted by Gasteiger charge is -2.36. The number of nitrogen functional groups attached to an aromatic ring is 1. The molecule has 2 unspecified atom stereocenters. The third-order valence-electron chi connectivity index (χ3n) is 4.42. The first kappa shape index (κ1) is 13.9. The fourth-order valence-corrected chi connectivity index (χ4v) is 2.80. The van der Waals surface area contributed by atoms with Crippen LogP contribution in [0.5, 0.6) is 0 Å². The molecule has 1 aliphatic heterocycles. The topological polar surface area (TPSA) is 55.0 Å². The Hall–Kier alpha value is -2.10. The first-order chi connectivity index (χ1) is 10.1. The molecule has 0 bridgehead atoms. The van der Waals surface area contributed by atoms with Crippen LogP contribution in [0.1, 0.15) is 20.3 Å². The average molecular weight is 282 g/mol. The Labute approximate surface area is 126 Å². The van der Waals surface area contributed by atoms with E-state index in [9.17, 15) is 0 Å². The summed E-state index contributed by atoms with van der Waals surface area (Å²) < 4.78 is 0. The molecule has 1 saturated heterocycles. The van der Waals surface area contributed by atoms with Crippen LogP contribution >= 0.6 is 0 Å². The third kappa shape index (κ3) is 2.99. The standard InChI is InChI=1S/C17H22N4/c1-12-8-9-21(11-13(12)2)16-10-15(18)19-17(20-16)14-6-4-3-5-7-14/h3-7,10,12-13H,8-9,11H2,1-2H3,(H2,18,19,20). The van der Waals surface area contributed by atoms with E-state index in [1.165, 1.54) is 6.42 Å². The number of nitrogens with zero attached hydrogens (tertiary/aromatic N) is 3. The minimum Gasteiger partial charge on any atom is -0.384 e. The van der Waals surface area contributed by atoms with Gasteiger partial charge in [0.15, 0.2) is 5.82 Å². The van der Waals surface area contributed by atoms with E-state index in [4.69, 9.17) is 10.7 Å². The van der Waals surface area contributed by atoms with Gasteiger partial charge in [-0.25, -0.2) is 9.97 Å². The van der Waals surface area contributed by atoms with Gasteiger partial charge in [0.1, 0.15) is 11.6 Å². The van der Waals surface area contributed by atoms with E-state index in [-0.39, 0.29) is 0 Å². The van der Waals surface area contributed by atoms with Crippen molar-refractivity contribution in [2.45, 2.75) is 20.3 Å². The minimum atomic E-state index is 0.533. The van der Waals surface area contributed by atoms with Gasteiger partial charge in [-0.15, -0.1) is 0 Å². The van der Waals surface area contributed by atoms with Crippen LogP contribution in [0.4, 0.5) is 11.6 Å². The first-order valence-corrected chi connectivity index (χ1v) is 7.58. The monoisotopic (exact) mass is 282 g/mol. The maximum atomic E-state index is 5.99. The van der Waals surface area contributed by atoms with Crippen LogP contribution in [0.25, 0.3) is 11.4 Å². The third-order valence-corrected chi connectivity index (χ3v) is 4.42. The van der Waals surface area contributed by atoms with Gasteiger partial charge in [-0.2, -0.15) is 0 Å². The van der Waals surface area contributed by atoms with Crippen LogP contribution in [0.3, 0.4) is 0 Å². The summed E-state index contributed by atoms with van der Waals surface area (Å²) in [5.41, 5.74) is 6.99. The molecule has 2 atom stereocenters. The zero-order chi connectivity index (χ0) is 14.8. The average Bonchev–Trinajstić information content (AvgIpc) is 2.50. The number of hydrogen-bond acceptors (Lipinski definition) is 4. The second-order valence-electron chi connectivity index (χ2n) is 6.03. The lowest BCUT2D eigenvalue weighted by molar-refractivity contribution is 0.323. The zero-order valence-electron chi connectivity index (χ0n) is 12.7. The van der Waals surface area contributed by atoms with Crippen molar-refractivity contribution in [3.8, 4) is 11.4 Å². The van der Waals surface area contributed by atoms with Crippen LogP contribution in [0, 0.1) is 11.8 Å². The Bertz CT molecular complexity index is 611. The molecule has 1 aromatic carbocycles. The summed E-state index contributed by atoms with van der Waals surface area (Å²) in [7, 11) is 0. The highest BCUT2D eigenvalue weighted by Gasteiger charge is 2.24. The Morgan fingerprint density at radius 2 is 1.86 bits per heavy atom. The molecule has 2 heterocycles. The van der Waals surface area contributed by atoms with Gasteiger partial charge in [0, 0.05) is 24.7 Å². The number of piperidine rings is 1. The summed E-state index contributed by atoms with van der Waals surface area (Å²) in [6.45, 7) is 6.70. The number of hydrogen-bond donors (Lipinski definition) is 1. The zero-order valence-corrected chi connectivity index (χ0v) is 12.7. The number of benzene rings is 1. The minimum absolute atomic E-state index is 0.533. The molecule has 4 heteroatoms. The van der Waals surface area contributed by atoms with E-state index in [0.717, 1.165) is 30.4 Å². The second kappa shape index (κ2) is 5.72. The maximum absolute atomic E-state index is 5.99. The van der Waals surface area contributed by atoms with Crippen LogP contribution in [-0.2, 0) is 0 Å². The van der Waals surface area contributed by atoms with Crippen molar-refractivity contribution in [3.05, 3.63) is 36.4 Å². The molecular formula is C17H22N4. The molecule has 2 N–H and O–H groups in total. The Morgan fingerprint density at radius 1 is 1.10 bits per heavy atom. The molecule has 3 rings (SSSR count). The molecule has 0 amide bonds. The number of nitrogens with two attached hydrogens (primary N) is 1. The lowest BCUT2D eigenvalue weighted by atomic mass is 9.89. The number of anilines is 2. The smallest absolute Gasteiger partial charge is 0.163 e. The number of rotatable bonds is 2. The van der Waals surface area contributed by atoms with Crippen molar-refractivity contribution >= 4 is 11.6 Å². The molecule has 4 nitrogen and oxygen atoms in total. The molecule has 0 saturated carbocycles. The van der Waals surface area contributed by atoms with E-state index in [2.05, 4.69) is 23.7 Å². The molecule has 0 spiro atoms. The van der Waals surface area contributed by atoms with Crippen molar-refractivity contribution in [2.75, 3.05) is 23.7 Å². The van der Waals surface area contributed by atoms with Gasteiger partial charge in [0.25, 0.3) is 0 Å². The largest absolute Gasteiger partial charge is 0.384 e. The maximum Gasteiger partial charge on any atom is 0.163 e. The van der Waals surface area contributed by atoms with E-state index in [1.807, 2.05) is 36.4 Å². The highest BCUT2D eigenvalue weighted by atomic mass is 15.2. The quantitative estimate of drug-likeness (QED) is 0.919. The summed E-state index contributed by atoms with van der Waals surface area (Å²) in [6.07, 6.45) is 1.20. The summed E-state index contributed by atoms with van der Waals surface area (Å²) in [4.78, 5) is 11.4. The van der Waals surface area contributed by atoms with Crippen molar-refractivity contribution in [3.63, 3.8) is 0 Å². The van der Waals surface area contributed by atoms with Gasteiger partial charge in [0.05, 0.1) is 0 Å². The van der Waals surface area contributed by atoms with E-state index in [1.54, 1.807) is 0 Å². The van der Waals surface area contributed by atoms with E-state index in [0.29, 0.717) is 17.6 Å². The van der Waals surface area contributed by atoms with Crippen molar-refractivity contribution in [1.82, 2.24) is 9.97 Å². The predicted molar refractivity (Wildman–Crippen MR) is 87.0 cm³/mol. The van der Waals surface area contributed by atoms with Crippen LogP contribution in [0.2, 0.25) is 0 Å². The van der Waals surface area contributed by atoms with E-state index >= 15 is 0 Å². The molecule has 1 fully saturated rings. The van der Waals surface area contributed by atoms with Gasteiger partial charge in [-0.1, -0.05) is 44.2 Å². The van der Waals surface area contributed by atoms with Crippen molar-refractivity contribution in [2.24, 2.45) is 11.8 Å². The molecular weight excluding hydrogens is 260 g/mol. The molecule has 21 heavy (non-hydrogen) atoms. The van der Waals surface area contributed by atoms with Crippen LogP contribution in [-0.4, -0.2) is 23.1 Å². The van der Waals surface area contributed by atoms with Gasteiger partial charge in [-0.05, 0) is 18.3 Å². The SMILES string of the molecule is CC1CCN(c2cc(N)nc(-c3ccccc3)n2)CC1C. The van der Waals surface area contributed by atoms with Gasteiger partial charge >= 0.3 is 0 Å². The Balaban J connectivity index is 1.92. The molecule has 0 radical (unpaired) electrons. The first-order valence-electron chi connectivity index (χ1n) is 7.58. The molecule has 1 aromatic heterocycles. The van der Waals surface area contributed by atoms with Gasteiger partial charge in [-0.3, -0.25) is 0 Å². The fourth-order valence-electron chi connectivity index (χ4n) is 2.80. The van der Waals surface area contributed by atoms with Gasteiger partial charge < -0.3 is 10.6 Å². The highest BCUT2D eigenvalue weighted by Crippen LogP contribution is 2.28. The molecule has 1 aliphatic rings. The second-order valence-corrected chi connectivity index (χ2v) is 6.03. The lowest BCUT2D eigenvalue weighted by Crippen LogP contribution is -2.39. The van der Waals surface area contributed by atoms with Gasteiger partial charge in [0.2, 0.25) is 0 Å². The van der Waals surface area contributed by atoms with Crippen molar-refractivity contribution in [1.29, 1.82) is 0 Å². The molecule has 110 valence electrons. The normalized spacial score (nSPS) is 22.3. The summed E-state index contributed by atoms with van der Waals surface area (Å²) >= 11 is 0. The molecule has 0 aliphatic carbocycles. The number of aromatic nitrogens is 2. The predicted octanol–water partition coefficient (Wildman–Crippen LogP) is 3.21. The van der Waals surface area contributed by atoms with Crippen LogP contribution < -0.4 is 10.6 Å². The summed E-state index contributed by atoms with van der Waals surface area (Å²) in [6, 6.07) is 11.9.